The molecule has 0 atom stereocenters. The van der Waals surface area contributed by atoms with Gasteiger partial charge in [0, 0.05) is 0 Å². The van der Waals surface area contributed by atoms with Crippen LogP contribution in [0.15, 0.2) is 29.2 Å². The quantitative estimate of drug-likeness (QED) is 0.0372. The summed E-state index contributed by atoms with van der Waals surface area (Å²) in [4.78, 5) is -0.104. The summed E-state index contributed by atoms with van der Waals surface area (Å²) in [6.45, 7) is 2.31. The summed E-state index contributed by atoms with van der Waals surface area (Å²) < 4.78 is 33.6. The van der Waals surface area contributed by atoms with Crippen LogP contribution in [0, 0.1) is 0 Å². The minimum atomic E-state index is -4.35. The molecule has 1 aromatic carbocycles. The van der Waals surface area contributed by atoms with Gasteiger partial charge in [0.25, 0.3) is 0 Å². The van der Waals surface area contributed by atoms with E-state index >= 15 is 0 Å². The molecule has 0 aliphatic rings. The molecular weight excluding hydrogens is 764 g/mol. The first-order valence-corrected chi connectivity index (χ1v) is 28.5. The van der Waals surface area contributed by atoms with Crippen LogP contribution in [-0.4, -0.2) is 13.0 Å². The maximum Gasteiger partial charge on any atom is 1.00 e. The summed E-state index contributed by atoms with van der Waals surface area (Å²) in [6, 6.07) is 6.52. The van der Waals surface area contributed by atoms with Crippen molar-refractivity contribution in [3.8, 4) is 0 Å². The number of hydrogen-bond donors (Lipinski definition) is 0. The summed E-state index contributed by atoms with van der Waals surface area (Å²) in [5, 5.41) is 0. The molecule has 1 aromatic rings. The van der Waals surface area contributed by atoms with Gasteiger partial charge in [0.2, 0.25) is 0 Å². The monoisotopic (exact) mass is 867 g/mol. The molecule has 3 nitrogen and oxygen atoms in total. The number of aryl methyl sites for hydroxylation is 1. The second kappa shape index (κ2) is 48.6. The van der Waals surface area contributed by atoms with Crippen LogP contribution in [0.2, 0.25) is 0 Å². The maximum absolute atomic E-state index is 11.2. The molecule has 1 rings (SSSR count). The Labute approximate surface area is 399 Å². The Kier molecular flexibility index (Phi) is 48.7. The zero-order valence-corrected chi connectivity index (χ0v) is 43.7. The predicted octanol–water partition coefficient (Wildman–Crippen LogP) is 16.5. The van der Waals surface area contributed by atoms with Crippen molar-refractivity contribution < 1.29 is 42.5 Å². The molecule has 0 saturated carbocycles. The van der Waals surface area contributed by atoms with E-state index in [0.29, 0.717) is 0 Å². The van der Waals surface area contributed by atoms with Gasteiger partial charge in [-0.05, 0) is 30.5 Å². The normalized spacial score (nSPS) is 11.7. The largest absolute Gasteiger partial charge is 1.00 e. The van der Waals surface area contributed by atoms with Crippen LogP contribution in [0.25, 0.3) is 0 Å². The van der Waals surface area contributed by atoms with Crippen molar-refractivity contribution >= 4 is 10.1 Å². The molecule has 0 heterocycles. The topological polar surface area (TPSA) is 57.2 Å². The summed E-state index contributed by atoms with van der Waals surface area (Å²) in [5.41, 5.74) is 0.953. The van der Waals surface area contributed by atoms with Gasteiger partial charge in [-0.2, -0.15) is 0 Å². The van der Waals surface area contributed by atoms with Crippen molar-refractivity contribution in [3.05, 3.63) is 29.8 Å². The van der Waals surface area contributed by atoms with Gasteiger partial charge >= 0.3 is 29.6 Å². The summed E-state index contributed by atoms with van der Waals surface area (Å²) in [7, 11) is -4.35. The van der Waals surface area contributed by atoms with Crippen molar-refractivity contribution in [2.24, 2.45) is 0 Å². The van der Waals surface area contributed by atoms with Crippen LogP contribution in [0.3, 0.4) is 0 Å². The fraction of sp³-hybridized carbons (Fsp3) is 0.891. The summed E-state index contributed by atoms with van der Waals surface area (Å²) in [6.07, 6.45) is 68.4. The molecule has 0 N–H and O–H groups in total. The van der Waals surface area contributed by atoms with E-state index in [1.165, 1.54) is 307 Å². The van der Waals surface area contributed by atoms with Gasteiger partial charge in [0.15, 0.2) is 0 Å². The van der Waals surface area contributed by atoms with Gasteiger partial charge in [-0.15, -0.1) is 0 Å². The zero-order valence-electron chi connectivity index (χ0n) is 40.9. The molecule has 0 aromatic heterocycles. The summed E-state index contributed by atoms with van der Waals surface area (Å²) in [5.74, 6) is 0. The van der Waals surface area contributed by atoms with Crippen LogP contribution >= 0.6 is 0 Å². The average molecular weight is 867 g/mol. The van der Waals surface area contributed by atoms with E-state index in [4.69, 9.17) is 0 Å². The van der Waals surface area contributed by atoms with Crippen LogP contribution in [0.1, 0.15) is 314 Å². The SMILES string of the molecule is CCCCCCCCCCCCCCCCCCCCCCCCCCCCCCCCCCCCCCCCCCCCCCCCCc1cccc(S(=O)(=O)[O-])c1.[Na+]. The molecular formula is C55H103NaO3S. The molecule has 0 amide bonds. The van der Waals surface area contributed by atoms with Gasteiger partial charge in [-0.3, -0.25) is 0 Å². The Balaban J connectivity index is 0.0000348. The first-order valence-electron chi connectivity index (χ1n) is 27.1. The van der Waals surface area contributed by atoms with Crippen molar-refractivity contribution in [3.63, 3.8) is 0 Å². The van der Waals surface area contributed by atoms with E-state index in [0.717, 1.165) is 18.4 Å². The maximum atomic E-state index is 11.2. The first-order chi connectivity index (χ1) is 29.0. The fourth-order valence-electron chi connectivity index (χ4n) is 9.21. The van der Waals surface area contributed by atoms with E-state index in [1.807, 2.05) is 6.07 Å². The van der Waals surface area contributed by atoms with E-state index < -0.39 is 10.1 Å². The number of hydrogen-bond acceptors (Lipinski definition) is 3. The number of rotatable bonds is 49. The molecule has 348 valence electrons. The molecule has 0 spiro atoms. The Morgan fingerprint density at radius 3 is 0.733 bits per heavy atom. The minimum absolute atomic E-state index is 0. The molecule has 0 saturated heterocycles. The Morgan fingerprint density at radius 1 is 0.333 bits per heavy atom. The first kappa shape index (κ1) is 60.1. The third kappa shape index (κ3) is 44.7. The molecule has 0 radical (unpaired) electrons. The predicted molar refractivity (Wildman–Crippen MR) is 261 cm³/mol. The smallest absolute Gasteiger partial charge is 0.744 e. The third-order valence-corrected chi connectivity index (χ3v) is 14.1. The Morgan fingerprint density at radius 2 is 0.533 bits per heavy atom. The Hall–Kier alpha value is 0.130. The molecule has 0 bridgehead atoms. The Bertz CT molecular complexity index is 1080. The molecule has 0 aliphatic heterocycles. The fourth-order valence-corrected chi connectivity index (χ4v) is 9.75. The zero-order chi connectivity index (χ0) is 42.4. The van der Waals surface area contributed by atoms with Gasteiger partial charge in [-0.25, -0.2) is 8.42 Å². The van der Waals surface area contributed by atoms with Crippen LogP contribution < -0.4 is 29.6 Å². The average Bonchev–Trinajstić information content (AvgIpc) is 3.23. The molecule has 0 unspecified atom stereocenters. The van der Waals surface area contributed by atoms with Crippen molar-refractivity contribution in [2.75, 3.05) is 0 Å². The second-order valence-corrected chi connectivity index (χ2v) is 20.5. The molecule has 0 aliphatic carbocycles. The van der Waals surface area contributed by atoms with Crippen LogP contribution in [-0.2, 0) is 16.5 Å². The number of benzene rings is 1. The summed E-state index contributed by atoms with van der Waals surface area (Å²) >= 11 is 0. The molecule has 0 fully saturated rings. The molecule has 5 heteroatoms. The van der Waals surface area contributed by atoms with Gasteiger partial charge in [0.1, 0.15) is 10.1 Å². The van der Waals surface area contributed by atoms with Crippen LogP contribution in [0.4, 0.5) is 0 Å². The van der Waals surface area contributed by atoms with Crippen molar-refractivity contribution in [2.45, 2.75) is 320 Å². The minimum Gasteiger partial charge on any atom is -0.744 e. The van der Waals surface area contributed by atoms with E-state index in [9.17, 15) is 13.0 Å². The standard InChI is InChI=1S/C55H104O3S.Na/c1-2-3-4-5-6-7-8-9-10-11-12-13-14-15-16-17-18-19-20-21-22-23-24-25-26-27-28-29-30-31-32-33-34-35-36-37-38-39-40-41-42-43-44-45-46-47-48-50-54-51-49-52-55(53-54)59(56,57)58;/h49,51-53H,2-48,50H2,1H3,(H,56,57,58);/q;+1/p-1. The van der Waals surface area contributed by atoms with E-state index in [-0.39, 0.29) is 34.5 Å². The molecule has 60 heavy (non-hydrogen) atoms. The third-order valence-electron chi connectivity index (χ3n) is 13.3. The van der Waals surface area contributed by atoms with Gasteiger partial charge in [0.05, 0.1) is 4.90 Å². The van der Waals surface area contributed by atoms with Gasteiger partial charge < -0.3 is 4.55 Å². The van der Waals surface area contributed by atoms with Crippen LogP contribution in [0.5, 0.6) is 0 Å². The van der Waals surface area contributed by atoms with E-state index in [2.05, 4.69) is 6.92 Å². The van der Waals surface area contributed by atoms with Crippen molar-refractivity contribution in [1.29, 1.82) is 0 Å². The van der Waals surface area contributed by atoms with Gasteiger partial charge in [-0.1, -0.05) is 314 Å². The second-order valence-electron chi connectivity index (χ2n) is 19.1. The number of unbranched alkanes of at least 4 members (excludes halogenated alkanes) is 46. The van der Waals surface area contributed by atoms with Crippen molar-refractivity contribution in [1.82, 2.24) is 0 Å². The van der Waals surface area contributed by atoms with E-state index in [1.54, 1.807) is 6.07 Å².